The van der Waals surface area contributed by atoms with Gasteiger partial charge in [0.05, 0.1) is 24.3 Å². The molecule has 1 aromatic carbocycles. The van der Waals surface area contributed by atoms with Gasteiger partial charge in [0.25, 0.3) is 11.8 Å². The van der Waals surface area contributed by atoms with Crippen LogP contribution < -0.4 is 9.74 Å². The lowest BCUT2D eigenvalue weighted by Crippen LogP contribution is -2.32. The van der Waals surface area contributed by atoms with Crippen molar-refractivity contribution < 1.29 is 37.5 Å². The molecule has 212 valence electrons. The second kappa shape index (κ2) is 12.4. The van der Waals surface area contributed by atoms with Crippen LogP contribution in [0.15, 0.2) is 48.8 Å². The number of fused-ring (bicyclic) bond motifs is 2. The highest BCUT2D eigenvalue weighted by Gasteiger charge is 2.38. The normalized spacial score (nSPS) is 18.6. The van der Waals surface area contributed by atoms with Crippen molar-refractivity contribution in [3.63, 3.8) is 0 Å². The maximum atomic E-state index is 13.0. The number of rotatable bonds is 12. The van der Waals surface area contributed by atoms with Gasteiger partial charge in [0.1, 0.15) is 25.4 Å². The number of amides is 2. The van der Waals surface area contributed by atoms with Crippen molar-refractivity contribution >= 4 is 36.4 Å². The van der Waals surface area contributed by atoms with Gasteiger partial charge in [-0.25, -0.2) is 19.9 Å². The van der Waals surface area contributed by atoms with Gasteiger partial charge in [-0.1, -0.05) is 12.1 Å². The molecule has 3 aromatic rings. The third kappa shape index (κ3) is 5.84. The summed E-state index contributed by atoms with van der Waals surface area (Å²) in [5.41, 5.74) is 1.04. The number of carbonyl (C=O) groups is 2. The highest BCUT2D eigenvalue weighted by atomic mass is 31.2. The number of imide groups is 1. The molecule has 0 unspecified atom stereocenters. The van der Waals surface area contributed by atoms with Crippen LogP contribution in [-0.2, 0) is 23.1 Å². The second-order valence-corrected chi connectivity index (χ2v) is 10.8. The largest absolute Gasteiger partial charge is 0.408 e. The summed E-state index contributed by atoms with van der Waals surface area (Å²) in [7, 11) is -3.47. The zero-order valence-electron chi connectivity index (χ0n) is 22.2. The van der Waals surface area contributed by atoms with E-state index in [2.05, 4.69) is 15.0 Å². The number of aromatic nitrogens is 4. The average molecular weight is 572 g/mol. The van der Waals surface area contributed by atoms with Crippen LogP contribution in [0, 0.1) is 0 Å². The Balaban J connectivity index is 1.37. The van der Waals surface area contributed by atoms with E-state index >= 15 is 0 Å². The van der Waals surface area contributed by atoms with Crippen molar-refractivity contribution in [1.29, 1.82) is 0 Å². The average Bonchev–Trinajstić information content (AvgIpc) is 3.49. The van der Waals surface area contributed by atoms with Gasteiger partial charge in [-0.2, -0.15) is 4.73 Å². The van der Waals surface area contributed by atoms with Gasteiger partial charge in [0, 0.05) is 12.4 Å². The summed E-state index contributed by atoms with van der Waals surface area (Å²) in [5.74, 6) is 0.437. The predicted octanol–water partition coefficient (Wildman–Crippen LogP) is 3.75. The van der Waals surface area contributed by atoms with Crippen LogP contribution in [0.4, 0.5) is 5.82 Å². The minimum absolute atomic E-state index is 0.0353. The summed E-state index contributed by atoms with van der Waals surface area (Å²) in [5, 5.41) is 0. The topological polar surface area (TPSA) is 144 Å². The minimum Gasteiger partial charge on any atom is -0.408 e. The molecule has 2 aliphatic heterocycles. The molecule has 0 radical (unpaired) electrons. The van der Waals surface area contributed by atoms with Gasteiger partial charge >= 0.3 is 7.60 Å². The van der Waals surface area contributed by atoms with Crippen molar-refractivity contribution in [1.82, 2.24) is 19.7 Å². The Morgan fingerprint density at radius 3 is 2.45 bits per heavy atom. The lowest BCUT2D eigenvalue weighted by atomic mass is 10.1. The van der Waals surface area contributed by atoms with E-state index in [-0.39, 0.29) is 36.8 Å². The number of anilines is 1. The first-order valence-corrected chi connectivity index (χ1v) is 14.7. The van der Waals surface area contributed by atoms with E-state index < -0.39 is 31.8 Å². The monoisotopic (exact) mass is 571 g/mol. The number of imidazole rings is 1. The highest BCUT2D eigenvalue weighted by Crippen LogP contribution is 2.49. The molecule has 2 amide bonds. The van der Waals surface area contributed by atoms with Gasteiger partial charge in [-0.3, -0.25) is 14.2 Å². The first-order chi connectivity index (χ1) is 19.4. The van der Waals surface area contributed by atoms with E-state index in [1.54, 1.807) is 44.2 Å². The molecule has 2 atom stereocenters. The number of hydrogen-bond acceptors (Lipinski definition) is 11. The Morgan fingerprint density at radius 2 is 1.80 bits per heavy atom. The maximum absolute atomic E-state index is 13.0. The van der Waals surface area contributed by atoms with Crippen LogP contribution >= 0.6 is 7.60 Å². The third-order valence-corrected chi connectivity index (χ3v) is 8.01. The first-order valence-electron chi connectivity index (χ1n) is 13.1. The van der Waals surface area contributed by atoms with Crippen molar-refractivity contribution in [2.75, 3.05) is 31.3 Å². The molecule has 14 heteroatoms. The molecule has 13 nitrogen and oxygen atoms in total. The Morgan fingerprint density at radius 1 is 1.07 bits per heavy atom. The van der Waals surface area contributed by atoms with Gasteiger partial charge in [0.15, 0.2) is 17.6 Å². The van der Waals surface area contributed by atoms with Crippen molar-refractivity contribution in [2.45, 2.75) is 45.5 Å². The van der Waals surface area contributed by atoms with Gasteiger partial charge in [-0.15, -0.1) is 0 Å². The van der Waals surface area contributed by atoms with Crippen LogP contribution in [0.1, 0.15) is 53.8 Å². The summed E-state index contributed by atoms with van der Waals surface area (Å²) in [6.07, 6.45) is 5.66. The van der Waals surface area contributed by atoms with Crippen molar-refractivity contribution in [2.24, 2.45) is 0 Å². The zero-order chi connectivity index (χ0) is 28.1. The molecule has 1 fully saturated rings. The molecule has 5 rings (SSSR count). The molecule has 2 aliphatic rings. The summed E-state index contributed by atoms with van der Waals surface area (Å²) < 4.78 is 36.8. The third-order valence-electron chi connectivity index (χ3n) is 6.23. The molecule has 2 aromatic heterocycles. The lowest BCUT2D eigenvalue weighted by molar-refractivity contribution is -0.187. The van der Waals surface area contributed by atoms with Crippen LogP contribution in [0.25, 0.3) is 11.2 Å². The Bertz CT molecular complexity index is 1410. The molecular weight excluding hydrogens is 541 g/mol. The lowest BCUT2D eigenvalue weighted by Gasteiger charge is -2.26. The van der Waals surface area contributed by atoms with E-state index in [9.17, 15) is 14.2 Å². The number of nitrogens with zero attached hydrogens (tertiary/aromatic N) is 5. The molecule has 0 N–H and O–H groups in total. The fourth-order valence-electron chi connectivity index (χ4n) is 4.43. The summed E-state index contributed by atoms with van der Waals surface area (Å²) in [4.78, 5) is 45.7. The first kappa shape index (κ1) is 28.1. The predicted molar refractivity (Wildman–Crippen MR) is 143 cm³/mol. The standard InChI is InChI=1S/C26H30N5O8P/c1-3-37-40(34,38-4-2)14-12-18(39-21-11-7-8-13-35-21)15-36-30-17-29-22-23(30)27-16-28-24(22)31-25(32)19-9-5-6-10-20(19)26(31)33/h5-6,9-10,12,14,16-18,21H,3-4,7-8,11,13,15H2,1-2H3/b14-12+/t18-,21+/m0/s1. The summed E-state index contributed by atoms with van der Waals surface area (Å²) in [6.45, 7) is 4.44. The summed E-state index contributed by atoms with van der Waals surface area (Å²) in [6, 6.07) is 6.57. The second-order valence-electron chi connectivity index (χ2n) is 8.91. The van der Waals surface area contributed by atoms with E-state index in [0.717, 1.165) is 17.7 Å². The van der Waals surface area contributed by atoms with E-state index in [1.807, 2.05) is 0 Å². The molecule has 0 aliphatic carbocycles. The van der Waals surface area contributed by atoms with Gasteiger partial charge in [-0.05, 0) is 51.3 Å². The zero-order valence-corrected chi connectivity index (χ0v) is 23.1. The fourth-order valence-corrected chi connectivity index (χ4v) is 5.80. The summed E-state index contributed by atoms with van der Waals surface area (Å²) >= 11 is 0. The molecule has 0 spiro atoms. The van der Waals surface area contributed by atoms with E-state index in [4.69, 9.17) is 23.4 Å². The van der Waals surface area contributed by atoms with E-state index in [0.29, 0.717) is 24.2 Å². The smallest absolute Gasteiger partial charge is 0.353 e. The number of benzene rings is 1. The van der Waals surface area contributed by atoms with Crippen LogP contribution in [0.2, 0.25) is 0 Å². The van der Waals surface area contributed by atoms with Gasteiger partial charge < -0.3 is 23.4 Å². The van der Waals surface area contributed by atoms with Crippen LogP contribution in [0.3, 0.4) is 0 Å². The Kier molecular flexibility index (Phi) is 8.67. The minimum atomic E-state index is -3.47. The number of carbonyl (C=O) groups excluding carboxylic acids is 2. The van der Waals surface area contributed by atoms with Crippen molar-refractivity contribution in [3.05, 3.63) is 59.9 Å². The molecule has 0 saturated carbocycles. The number of hydrogen-bond donors (Lipinski definition) is 0. The van der Waals surface area contributed by atoms with Crippen LogP contribution in [0.5, 0.6) is 0 Å². The quantitative estimate of drug-likeness (QED) is 0.232. The molecule has 0 bridgehead atoms. The van der Waals surface area contributed by atoms with Crippen molar-refractivity contribution in [3.8, 4) is 0 Å². The number of ether oxygens (including phenoxy) is 2. The highest BCUT2D eigenvalue weighted by molar-refractivity contribution is 7.57. The fraction of sp³-hybridized carbons (Fsp3) is 0.423. The molecule has 40 heavy (non-hydrogen) atoms. The Hall–Kier alpha value is -3.48. The SMILES string of the molecule is CCOP(=O)(/C=C/[C@@H](COn1cnc2c(N3C(=O)c4ccccc4C3=O)ncnc21)O[C@@H]1CCCCO1)OCC. The van der Waals surface area contributed by atoms with Crippen LogP contribution in [-0.4, -0.2) is 70.3 Å². The molecule has 4 heterocycles. The molecule has 1 saturated heterocycles. The van der Waals surface area contributed by atoms with E-state index in [1.165, 1.54) is 23.2 Å². The van der Waals surface area contributed by atoms with Gasteiger partial charge in [0.2, 0.25) is 5.65 Å². The molecular formula is C26H30N5O8P. The Labute approximate surface area is 230 Å². The maximum Gasteiger partial charge on any atom is 0.353 e.